The molecule has 7 nitrogen and oxygen atoms in total. The molecule has 2 heterocycles. The van der Waals surface area contributed by atoms with Crippen molar-refractivity contribution >= 4 is 16.8 Å². The predicted octanol–water partition coefficient (Wildman–Crippen LogP) is 2.77. The lowest BCUT2D eigenvalue weighted by Gasteiger charge is -2.38. The van der Waals surface area contributed by atoms with Crippen LogP contribution in [-0.4, -0.2) is 44.9 Å². The van der Waals surface area contributed by atoms with Crippen LogP contribution < -0.4 is 10.9 Å². The fourth-order valence-electron chi connectivity index (χ4n) is 4.15. The molecule has 0 saturated carbocycles. The van der Waals surface area contributed by atoms with Crippen LogP contribution in [0.5, 0.6) is 0 Å². The predicted molar refractivity (Wildman–Crippen MR) is 125 cm³/mol. The summed E-state index contributed by atoms with van der Waals surface area (Å²) in [6, 6.07) is 15.7. The average Bonchev–Trinajstić information content (AvgIpc) is 2.78. The van der Waals surface area contributed by atoms with E-state index in [0.717, 1.165) is 26.1 Å². The molecule has 7 heteroatoms. The van der Waals surface area contributed by atoms with E-state index in [-0.39, 0.29) is 35.9 Å². The van der Waals surface area contributed by atoms with E-state index in [4.69, 9.17) is 0 Å². The monoisotopic (exact) mass is 433 g/mol. The third kappa shape index (κ3) is 5.05. The van der Waals surface area contributed by atoms with E-state index in [1.807, 2.05) is 6.07 Å². The van der Waals surface area contributed by atoms with E-state index in [1.165, 1.54) is 15.8 Å². The van der Waals surface area contributed by atoms with Crippen molar-refractivity contribution in [2.75, 3.05) is 13.1 Å². The highest BCUT2D eigenvalue weighted by Crippen LogP contribution is 2.24. The second kappa shape index (κ2) is 9.20. The fourth-order valence-corrected chi connectivity index (χ4v) is 4.15. The third-order valence-corrected chi connectivity index (χ3v) is 6.21. The number of aryl methyl sites for hydroxylation is 1. The van der Waals surface area contributed by atoms with Crippen molar-refractivity contribution < 1.29 is 4.79 Å². The maximum absolute atomic E-state index is 12.8. The average molecular weight is 434 g/mol. The van der Waals surface area contributed by atoms with Gasteiger partial charge in [0, 0.05) is 32.1 Å². The molecule has 1 unspecified atom stereocenters. The Hall–Kier alpha value is -3.06. The van der Waals surface area contributed by atoms with Crippen LogP contribution in [0.15, 0.2) is 53.3 Å². The second-order valence-electron chi connectivity index (χ2n) is 9.62. The molecule has 0 fully saturated rings. The molecule has 1 N–H and O–H groups in total. The van der Waals surface area contributed by atoms with Crippen LogP contribution in [0, 0.1) is 5.41 Å². The minimum absolute atomic E-state index is 0.000304. The lowest BCUT2D eigenvalue weighted by molar-refractivity contribution is -0.123. The quantitative estimate of drug-likeness (QED) is 0.647. The number of carbonyl (C=O) groups excluding carboxylic acids is 1. The Morgan fingerprint density at radius 2 is 1.81 bits per heavy atom. The highest BCUT2D eigenvalue weighted by Gasteiger charge is 2.29. The summed E-state index contributed by atoms with van der Waals surface area (Å²) in [6.07, 6.45) is 1.22. The molecule has 168 valence electrons. The molecule has 1 aliphatic rings. The molecule has 1 atom stereocenters. The van der Waals surface area contributed by atoms with Gasteiger partial charge < -0.3 is 5.32 Å². The minimum Gasteiger partial charge on any atom is -0.351 e. The minimum atomic E-state index is -0.220. The summed E-state index contributed by atoms with van der Waals surface area (Å²) < 4.78 is 1.27. The van der Waals surface area contributed by atoms with Gasteiger partial charge in [-0.1, -0.05) is 62.4 Å². The van der Waals surface area contributed by atoms with Crippen molar-refractivity contribution in [3.05, 3.63) is 70.0 Å². The van der Waals surface area contributed by atoms with E-state index < -0.39 is 0 Å². The van der Waals surface area contributed by atoms with Crippen LogP contribution in [0.2, 0.25) is 0 Å². The Morgan fingerprint density at radius 1 is 1.09 bits per heavy atom. The van der Waals surface area contributed by atoms with Crippen molar-refractivity contribution in [2.24, 2.45) is 5.41 Å². The Kier molecular flexibility index (Phi) is 6.37. The van der Waals surface area contributed by atoms with Gasteiger partial charge in [0.1, 0.15) is 5.52 Å². The fraction of sp³-hybridized carbons (Fsp3) is 0.440. The van der Waals surface area contributed by atoms with Gasteiger partial charge in [-0.2, -0.15) is 0 Å². The molecule has 1 amide bonds. The molecular formula is C25H31N5O2. The van der Waals surface area contributed by atoms with Crippen molar-refractivity contribution in [2.45, 2.75) is 52.7 Å². The van der Waals surface area contributed by atoms with Crippen molar-refractivity contribution in [1.82, 2.24) is 25.2 Å². The first-order chi connectivity index (χ1) is 15.3. The lowest BCUT2D eigenvalue weighted by atomic mass is 9.85. The summed E-state index contributed by atoms with van der Waals surface area (Å²) in [4.78, 5) is 27.8. The number of hydrogen-bond acceptors (Lipinski definition) is 5. The topological polar surface area (TPSA) is 80.1 Å². The SMILES string of the molecule is CC(C)(C)C(CN1CCc2ccccc2C1)NC(=O)CCn1nnc2ccccc2c1=O. The zero-order valence-corrected chi connectivity index (χ0v) is 19.0. The van der Waals surface area contributed by atoms with Gasteiger partial charge in [-0.3, -0.25) is 14.5 Å². The lowest BCUT2D eigenvalue weighted by Crippen LogP contribution is -2.51. The van der Waals surface area contributed by atoms with E-state index in [2.05, 4.69) is 65.6 Å². The number of rotatable bonds is 6. The molecule has 2 aromatic carbocycles. The van der Waals surface area contributed by atoms with Gasteiger partial charge in [0.05, 0.1) is 11.9 Å². The zero-order valence-electron chi connectivity index (χ0n) is 19.0. The number of fused-ring (bicyclic) bond motifs is 2. The van der Waals surface area contributed by atoms with Gasteiger partial charge in [0.2, 0.25) is 5.91 Å². The Morgan fingerprint density at radius 3 is 2.59 bits per heavy atom. The smallest absolute Gasteiger partial charge is 0.277 e. The Balaban J connectivity index is 1.39. The number of nitrogens with zero attached hydrogens (tertiary/aromatic N) is 4. The zero-order chi connectivity index (χ0) is 22.7. The third-order valence-electron chi connectivity index (χ3n) is 6.21. The van der Waals surface area contributed by atoms with Gasteiger partial charge >= 0.3 is 0 Å². The van der Waals surface area contributed by atoms with E-state index in [0.29, 0.717) is 10.9 Å². The van der Waals surface area contributed by atoms with Crippen LogP contribution in [0.3, 0.4) is 0 Å². The summed E-state index contributed by atoms with van der Waals surface area (Å²) in [5.41, 5.74) is 3.04. The molecule has 0 spiro atoms. The molecule has 0 saturated heterocycles. The molecule has 0 radical (unpaired) electrons. The summed E-state index contributed by atoms with van der Waals surface area (Å²) in [5.74, 6) is -0.0795. The molecule has 0 bridgehead atoms. The van der Waals surface area contributed by atoms with Crippen LogP contribution in [0.1, 0.15) is 38.3 Å². The first-order valence-corrected chi connectivity index (χ1v) is 11.2. The number of amides is 1. The molecule has 1 aliphatic heterocycles. The van der Waals surface area contributed by atoms with E-state index in [9.17, 15) is 9.59 Å². The summed E-state index contributed by atoms with van der Waals surface area (Å²) in [6.45, 7) is 9.33. The Labute approximate surface area is 188 Å². The van der Waals surface area contributed by atoms with Gasteiger partial charge in [0.15, 0.2) is 0 Å². The summed E-state index contributed by atoms with van der Waals surface area (Å²) in [5, 5.41) is 11.8. The van der Waals surface area contributed by atoms with Crippen molar-refractivity contribution in [3.63, 3.8) is 0 Å². The second-order valence-corrected chi connectivity index (χ2v) is 9.62. The molecular weight excluding hydrogens is 402 g/mol. The molecule has 32 heavy (non-hydrogen) atoms. The first kappa shape index (κ1) is 22.1. The van der Waals surface area contributed by atoms with E-state index in [1.54, 1.807) is 18.2 Å². The number of carbonyl (C=O) groups is 1. The summed E-state index contributed by atoms with van der Waals surface area (Å²) in [7, 11) is 0. The number of nitrogens with one attached hydrogen (secondary N) is 1. The van der Waals surface area contributed by atoms with Crippen LogP contribution in [0.25, 0.3) is 10.9 Å². The van der Waals surface area contributed by atoms with Gasteiger partial charge in [-0.25, -0.2) is 4.68 Å². The standard InChI is InChI=1S/C25H31N5O2/c1-25(2,3)22(17-29-14-12-18-8-4-5-9-19(18)16-29)26-23(31)13-15-30-24(32)20-10-6-7-11-21(20)27-28-30/h4-11,22H,12-17H2,1-3H3,(H,26,31). The van der Waals surface area contributed by atoms with Crippen LogP contribution in [0.4, 0.5) is 0 Å². The first-order valence-electron chi connectivity index (χ1n) is 11.2. The van der Waals surface area contributed by atoms with Crippen molar-refractivity contribution in [1.29, 1.82) is 0 Å². The molecule has 0 aliphatic carbocycles. The molecule has 3 aromatic rings. The largest absolute Gasteiger partial charge is 0.351 e. The molecule has 4 rings (SSSR count). The molecule has 1 aromatic heterocycles. The highest BCUT2D eigenvalue weighted by atomic mass is 16.2. The van der Waals surface area contributed by atoms with Crippen LogP contribution in [-0.2, 0) is 24.3 Å². The van der Waals surface area contributed by atoms with Gasteiger partial charge in [-0.15, -0.1) is 5.10 Å². The van der Waals surface area contributed by atoms with Gasteiger partial charge in [0.25, 0.3) is 5.56 Å². The number of hydrogen-bond donors (Lipinski definition) is 1. The van der Waals surface area contributed by atoms with E-state index >= 15 is 0 Å². The number of aromatic nitrogens is 3. The normalized spacial score (nSPS) is 15.3. The van der Waals surface area contributed by atoms with Crippen molar-refractivity contribution in [3.8, 4) is 0 Å². The number of benzene rings is 2. The maximum atomic E-state index is 12.8. The van der Waals surface area contributed by atoms with Gasteiger partial charge in [-0.05, 0) is 35.1 Å². The summed E-state index contributed by atoms with van der Waals surface area (Å²) >= 11 is 0. The Bertz CT molecular complexity index is 1160. The highest BCUT2D eigenvalue weighted by molar-refractivity contribution is 5.77. The maximum Gasteiger partial charge on any atom is 0.277 e. The van der Waals surface area contributed by atoms with Crippen LogP contribution >= 0.6 is 0 Å².